The van der Waals surface area contributed by atoms with Crippen molar-refractivity contribution in [3.05, 3.63) is 87.4 Å². The van der Waals surface area contributed by atoms with Crippen LogP contribution in [0, 0.1) is 12.8 Å². The number of hydrogen-bond donors (Lipinski definition) is 3. The van der Waals surface area contributed by atoms with Gasteiger partial charge in [-0.1, -0.05) is 29.3 Å². The molecule has 5 rings (SSSR count). The molecular formula is C29H25Cl4N3O4. The maximum atomic E-state index is 13.1. The fraction of sp³-hybridized carbons (Fsp3) is 0.276. The van der Waals surface area contributed by atoms with Crippen molar-refractivity contribution in [2.24, 2.45) is 5.92 Å². The van der Waals surface area contributed by atoms with Crippen molar-refractivity contribution in [3.8, 4) is 0 Å². The first-order chi connectivity index (χ1) is 18.8. The van der Waals surface area contributed by atoms with Crippen molar-refractivity contribution in [2.75, 3.05) is 16.0 Å². The SMILES string of the molecule is Cc1cc(NC(=O)OC2(C)CC2)ccc1NC(=O)c1cccc(NC(=O)C2C(c3cc(Cl)cc(Cl)c3)C2(Cl)Cl)c1. The lowest BCUT2D eigenvalue weighted by Gasteiger charge is -2.14. The smallest absolute Gasteiger partial charge is 0.412 e. The third kappa shape index (κ3) is 6.33. The van der Waals surface area contributed by atoms with Gasteiger partial charge < -0.3 is 15.4 Å². The maximum Gasteiger partial charge on any atom is 0.412 e. The number of hydrogen-bond acceptors (Lipinski definition) is 4. The van der Waals surface area contributed by atoms with E-state index in [4.69, 9.17) is 51.1 Å². The van der Waals surface area contributed by atoms with E-state index < -0.39 is 28.2 Å². The first-order valence-corrected chi connectivity index (χ1v) is 14.0. The van der Waals surface area contributed by atoms with Crippen LogP contribution in [0.5, 0.6) is 0 Å². The van der Waals surface area contributed by atoms with Gasteiger partial charge in [0.25, 0.3) is 5.91 Å². The lowest BCUT2D eigenvalue weighted by molar-refractivity contribution is -0.117. The van der Waals surface area contributed by atoms with Crippen LogP contribution in [0.3, 0.4) is 0 Å². The van der Waals surface area contributed by atoms with Gasteiger partial charge in [-0.25, -0.2) is 4.79 Å². The Hall–Kier alpha value is -2.97. The van der Waals surface area contributed by atoms with Gasteiger partial charge in [0, 0.05) is 38.6 Å². The van der Waals surface area contributed by atoms with Crippen molar-refractivity contribution in [3.63, 3.8) is 0 Å². The lowest BCUT2D eigenvalue weighted by atomic mass is 10.1. The summed E-state index contributed by atoms with van der Waals surface area (Å²) in [5.41, 5.74) is 2.91. The Labute approximate surface area is 251 Å². The van der Waals surface area contributed by atoms with Gasteiger partial charge in [0.15, 0.2) is 0 Å². The number of alkyl halides is 2. The molecule has 7 nitrogen and oxygen atoms in total. The van der Waals surface area contributed by atoms with Crippen LogP contribution >= 0.6 is 46.4 Å². The summed E-state index contributed by atoms with van der Waals surface area (Å²) in [7, 11) is 0. The number of rotatable bonds is 7. The highest BCUT2D eigenvalue weighted by atomic mass is 35.5. The van der Waals surface area contributed by atoms with E-state index in [2.05, 4.69) is 16.0 Å². The summed E-state index contributed by atoms with van der Waals surface area (Å²) in [6, 6.07) is 16.6. The summed E-state index contributed by atoms with van der Waals surface area (Å²) in [5, 5.41) is 9.21. The minimum atomic E-state index is -1.32. The Morgan fingerprint density at radius 1 is 0.875 bits per heavy atom. The summed E-state index contributed by atoms with van der Waals surface area (Å²) < 4.78 is 4.06. The summed E-state index contributed by atoms with van der Waals surface area (Å²) in [5.74, 6) is -1.99. The summed E-state index contributed by atoms with van der Waals surface area (Å²) in [6.07, 6.45) is 1.20. The summed E-state index contributed by atoms with van der Waals surface area (Å²) in [6.45, 7) is 3.70. The number of carbonyl (C=O) groups excluding carboxylic acids is 3. The van der Waals surface area contributed by atoms with Crippen LogP contribution in [-0.4, -0.2) is 27.8 Å². The normalized spacial score (nSPS) is 19.8. The Kier molecular flexibility index (Phi) is 7.70. The Balaban J connectivity index is 1.22. The molecule has 3 N–H and O–H groups in total. The monoisotopic (exact) mass is 619 g/mol. The number of aryl methyl sites for hydroxylation is 1. The predicted molar refractivity (Wildman–Crippen MR) is 159 cm³/mol. The van der Waals surface area contributed by atoms with E-state index in [0.29, 0.717) is 38.2 Å². The molecule has 3 amide bonds. The van der Waals surface area contributed by atoms with Crippen molar-refractivity contribution >= 4 is 81.4 Å². The van der Waals surface area contributed by atoms with Crippen LogP contribution in [0.4, 0.5) is 21.9 Å². The molecule has 0 heterocycles. The van der Waals surface area contributed by atoms with Crippen LogP contribution in [0.2, 0.25) is 10.0 Å². The number of nitrogens with one attached hydrogen (secondary N) is 3. The van der Waals surface area contributed by atoms with Gasteiger partial charge in [-0.15, -0.1) is 23.2 Å². The lowest BCUT2D eigenvalue weighted by Crippen LogP contribution is -2.21. The van der Waals surface area contributed by atoms with Gasteiger partial charge >= 0.3 is 6.09 Å². The van der Waals surface area contributed by atoms with Gasteiger partial charge in [-0.3, -0.25) is 14.9 Å². The minimum Gasteiger partial charge on any atom is -0.443 e. The molecule has 2 atom stereocenters. The molecule has 2 saturated carbocycles. The van der Waals surface area contributed by atoms with E-state index in [1.807, 2.05) is 13.8 Å². The van der Waals surface area contributed by atoms with E-state index in [0.717, 1.165) is 18.4 Å². The highest BCUT2D eigenvalue weighted by molar-refractivity contribution is 6.53. The first kappa shape index (κ1) is 28.6. The van der Waals surface area contributed by atoms with E-state index in [9.17, 15) is 14.4 Å². The molecule has 0 aliphatic heterocycles. The fourth-order valence-electron chi connectivity index (χ4n) is 4.50. The first-order valence-electron chi connectivity index (χ1n) is 12.5. The average Bonchev–Trinajstić information content (AvgIpc) is 3.73. The quantitative estimate of drug-likeness (QED) is 0.232. The molecule has 2 unspecified atom stereocenters. The summed E-state index contributed by atoms with van der Waals surface area (Å²) >= 11 is 25.1. The van der Waals surface area contributed by atoms with E-state index in [1.54, 1.807) is 60.7 Å². The molecule has 0 saturated heterocycles. The Bertz CT molecular complexity index is 1500. The second-order valence-electron chi connectivity index (χ2n) is 10.4. The van der Waals surface area contributed by atoms with Crippen LogP contribution in [-0.2, 0) is 9.53 Å². The third-order valence-electron chi connectivity index (χ3n) is 6.99. The van der Waals surface area contributed by atoms with Crippen LogP contribution in [0.1, 0.15) is 47.2 Å². The van der Waals surface area contributed by atoms with Crippen LogP contribution < -0.4 is 16.0 Å². The second-order valence-corrected chi connectivity index (χ2v) is 12.7. The summed E-state index contributed by atoms with van der Waals surface area (Å²) in [4.78, 5) is 38.1. The van der Waals surface area contributed by atoms with Crippen molar-refractivity contribution in [2.45, 2.75) is 42.5 Å². The zero-order chi connectivity index (χ0) is 28.8. The highest BCUT2D eigenvalue weighted by Crippen LogP contribution is 2.65. The molecule has 0 radical (unpaired) electrons. The third-order valence-corrected chi connectivity index (χ3v) is 8.36. The fourth-order valence-corrected chi connectivity index (χ4v) is 5.87. The molecule has 208 valence electrons. The molecule has 3 aromatic rings. The van der Waals surface area contributed by atoms with Crippen molar-refractivity contribution in [1.82, 2.24) is 0 Å². The molecule has 2 aliphatic rings. The van der Waals surface area contributed by atoms with Gasteiger partial charge in [0.2, 0.25) is 5.91 Å². The maximum absolute atomic E-state index is 13.1. The molecule has 11 heteroatoms. The van der Waals surface area contributed by atoms with Gasteiger partial charge in [-0.2, -0.15) is 0 Å². The topological polar surface area (TPSA) is 96.5 Å². The van der Waals surface area contributed by atoms with E-state index in [1.165, 1.54) is 0 Å². The highest BCUT2D eigenvalue weighted by Gasteiger charge is 2.67. The van der Waals surface area contributed by atoms with Crippen LogP contribution in [0.15, 0.2) is 60.7 Å². The molecule has 40 heavy (non-hydrogen) atoms. The van der Waals surface area contributed by atoms with Crippen molar-refractivity contribution in [1.29, 1.82) is 0 Å². The van der Waals surface area contributed by atoms with Gasteiger partial charge in [-0.05, 0) is 92.4 Å². The average molecular weight is 621 g/mol. The Morgan fingerprint density at radius 2 is 1.55 bits per heavy atom. The molecule has 2 fully saturated rings. The molecule has 2 aliphatic carbocycles. The van der Waals surface area contributed by atoms with Gasteiger partial charge in [0.05, 0.1) is 5.92 Å². The number of benzene rings is 3. The van der Waals surface area contributed by atoms with E-state index in [-0.39, 0.29) is 11.5 Å². The molecule has 3 aromatic carbocycles. The largest absolute Gasteiger partial charge is 0.443 e. The Morgan fingerprint density at radius 3 is 2.20 bits per heavy atom. The number of anilines is 3. The van der Waals surface area contributed by atoms with Crippen LogP contribution in [0.25, 0.3) is 0 Å². The standard InChI is InChI=1S/C29H25Cl4N3O4/c1-15-10-21(35-27(39)40-28(2)8-9-28)6-7-22(15)36-25(37)16-4-3-5-20(13-16)34-26(38)24-23(29(24,32)33)17-11-18(30)14-19(31)12-17/h3-7,10-14,23-24H,8-9H2,1-2H3,(H,34,38)(H,35,39)(H,36,37). The number of halogens is 4. The zero-order valence-corrected chi connectivity index (χ0v) is 24.5. The second kappa shape index (κ2) is 10.8. The number of ether oxygens (including phenoxy) is 1. The zero-order valence-electron chi connectivity index (χ0n) is 21.5. The molecule has 0 bridgehead atoms. The van der Waals surface area contributed by atoms with Crippen molar-refractivity contribution < 1.29 is 19.1 Å². The molecule has 0 aromatic heterocycles. The molecule has 0 spiro atoms. The minimum absolute atomic E-state index is 0.331. The predicted octanol–water partition coefficient (Wildman–Crippen LogP) is 8.18. The van der Waals surface area contributed by atoms with E-state index >= 15 is 0 Å². The number of carbonyl (C=O) groups is 3. The van der Waals surface area contributed by atoms with Gasteiger partial charge in [0.1, 0.15) is 9.93 Å². The molecular weight excluding hydrogens is 596 g/mol. The number of amides is 3.